The summed E-state index contributed by atoms with van der Waals surface area (Å²) >= 11 is 0. The number of nitrogens with one attached hydrogen (secondary N) is 2. The lowest BCUT2D eigenvalue weighted by Crippen LogP contribution is -2.45. The van der Waals surface area contributed by atoms with Crippen molar-refractivity contribution in [3.05, 3.63) is 59.7 Å². The lowest BCUT2D eigenvalue weighted by atomic mass is 9.98. The van der Waals surface area contributed by atoms with E-state index in [9.17, 15) is 19.5 Å². The zero-order valence-electron chi connectivity index (χ0n) is 19.5. The first kappa shape index (κ1) is 23.8. The van der Waals surface area contributed by atoms with Gasteiger partial charge in [-0.1, -0.05) is 74.7 Å². The van der Waals surface area contributed by atoms with E-state index in [0.717, 1.165) is 41.5 Å². The van der Waals surface area contributed by atoms with E-state index in [1.165, 1.54) is 0 Å². The molecule has 0 aliphatic heterocycles. The monoisotopic (exact) mass is 464 g/mol. The van der Waals surface area contributed by atoms with Crippen LogP contribution in [0.2, 0.25) is 0 Å². The Balaban J connectivity index is 1.32. The van der Waals surface area contributed by atoms with Gasteiger partial charge in [0.25, 0.3) is 0 Å². The molecule has 1 fully saturated rings. The highest BCUT2D eigenvalue weighted by Gasteiger charge is 2.31. The second kappa shape index (κ2) is 10.7. The summed E-state index contributed by atoms with van der Waals surface area (Å²) < 4.78 is 5.60. The third kappa shape index (κ3) is 5.76. The second-order valence-corrected chi connectivity index (χ2v) is 9.30. The summed E-state index contributed by atoms with van der Waals surface area (Å²) in [7, 11) is 0. The first-order valence-electron chi connectivity index (χ1n) is 12.1. The summed E-state index contributed by atoms with van der Waals surface area (Å²) in [5, 5.41) is 14.8. The number of amides is 2. The van der Waals surface area contributed by atoms with Crippen LogP contribution in [0.1, 0.15) is 62.5 Å². The molecular weight excluding hydrogens is 432 g/mol. The molecule has 0 heterocycles. The number of ether oxygens (including phenoxy) is 1. The summed E-state index contributed by atoms with van der Waals surface area (Å²) in [5.41, 5.74) is 4.59. The predicted octanol–water partition coefficient (Wildman–Crippen LogP) is 4.45. The number of carbonyl (C=O) groups is 3. The smallest absolute Gasteiger partial charge is 0.407 e. The minimum atomic E-state index is -1.02. The molecule has 2 amide bonds. The van der Waals surface area contributed by atoms with Gasteiger partial charge in [-0.3, -0.25) is 4.79 Å². The maximum atomic E-state index is 12.6. The van der Waals surface area contributed by atoms with E-state index < -0.39 is 24.1 Å². The zero-order valence-corrected chi connectivity index (χ0v) is 19.5. The van der Waals surface area contributed by atoms with Crippen LogP contribution < -0.4 is 10.6 Å². The summed E-state index contributed by atoms with van der Waals surface area (Å²) in [5.74, 6) is -1.04. The number of benzene rings is 2. The predicted molar refractivity (Wildman–Crippen MR) is 128 cm³/mol. The molecule has 0 radical (unpaired) electrons. The Morgan fingerprint density at radius 1 is 1.00 bits per heavy atom. The van der Waals surface area contributed by atoms with Crippen LogP contribution in [0.3, 0.4) is 0 Å². The molecule has 4 rings (SSSR count). The maximum Gasteiger partial charge on any atom is 0.407 e. The van der Waals surface area contributed by atoms with E-state index in [2.05, 4.69) is 34.9 Å². The van der Waals surface area contributed by atoms with Gasteiger partial charge in [0.1, 0.15) is 12.6 Å². The zero-order chi connectivity index (χ0) is 24.1. The Labute approximate surface area is 199 Å². The van der Waals surface area contributed by atoms with Gasteiger partial charge in [-0.25, -0.2) is 9.59 Å². The first-order chi connectivity index (χ1) is 16.5. The van der Waals surface area contributed by atoms with E-state index in [4.69, 9.17) is 4.74 Å². The molecule has 0 aromatic heterocycles. The molecule has 180 valence electrons. The van der Waals surface area contributed by atoms with Gasteiger partial charge in [0.2, 0.25) is 5.91 Å². The Hall–Kier alpha value is -3.35. The number of carboxylic acid groups (broad SMARTS) is 1. The van der Waals surface area contributed by atoms with Crippen LogP contribution in [0.5, 0.6) is 0 Å². The average molecular weight is 465 g/mol. The Morgan fingerprint density at radius 3 is 2.18 bits per heavy atom. The molecule has 1 unspecified atom stereocenters. The fourth-order valence-corrected chi connectivity index (χ4v) is 4.77. The molecule has 2 aliphatic carbocycles. The van der Waals surface area contributed by atoms with Crippen molar-refractivity contribution in [2.75, 3.05) is 6.61 Å². The largest absolute Gasteiger partial charge is 0.480 e. The Morgan fingerprint density at radius 2 is 1.62 bits per heavy atom. The third-order valence-electron chi connectivity index (χ3n) is 6.63. The quantitative estimate of drug-likeness (QED) is 0.456. The highest BCUT2D eigenvalue weighted by Crippen LogP contribution is 2.44. The number of carboxylic acids is 1. The van der Waals surface area contributed by atoms with Crippen LogP contribution in [0.4, 0.5) is 4.79 Å². The van der Waals surface area contributed by atoms with Crippen molar-refractivity contribution in [1.29, 1.82) is 0 Å². The van der Waals surface area contributed by atoms with E-state index in [0.29, 0.717) is 18.8 Å². The van der Waals surface area contributed by atoms with Gasteiger partial charge in [0, 0.05) is 18.4 Å². The van der Waals surface area contributed by atoms with Crippen LogP contribution in [0.15, 0.2) is 48.5 Å². The molecule has 2 aromatic carbocycles. The van der Waals surface area contributed by atoms with Crippen molar-refractivity contribution in [1.82, 2.24) is 10.6 Å². The van der Waals surface area contributed by atoms with E-state index >= 15 is 0 Å². The molecule has 7 nitrogen and oxygen atoms in total. The van der Waals surface area contributed by atoms with Crippen molar-refractivity contribution in [2.45, 2.75) is 63.5 Å². The SMILES string of the molecule is CCCC(CC(=O)N[C@@H](CC1CC1)C(=O)O)NC(=O)OCC1c2ccccc2-c2ccccc21. The van der Waals surface area contributed by atoms with Crippen LogP contribution in [-0.2, 0) is 14.3 Å². The van der Waals surface area contributed by atoms with Crippen molar-refractivity contribution in [2.24, 2.45) is 5.92 Å². The van der Waals surface area contributed by atoms with Crippen LogP contribution in [0.25, 0.3) is 11.1 Å². The summed E-state index contributed by atoms with van der Waals surface area (Å²) in [6.07, 6.45) is 3.31. The number of alkyl carbamates (subject to hydrolysis) is 1. The van der Waals surface area contributed by atoms with Crippen molar-refractivity contribution < 1.29 is 24.2 Å². The van der Waals surface area contributed by atoms with Gasteiger partial charge in [-0.05, 0) is 41.0 Å². The number of hydrogen-bond donors (Lipinski definition) is 3. The number of hydrogen-bond acceptors (Lipinski definition) is 4. The van der Waals surface area contributed by atoms with Gasteiger partial charge < -0.3 is 20.5 Å². The van der Waals surface area contributed by atoms with Gasteiger partial charge in [-0.2, -0.15) is 0 Å². The number of carbonyl (C=O) groups excluding carboxylic acids is 2. The van der Waals surface area contributed by atoms with E-state index in [1.807, 2.05) is 31.2 Å². The van der Waals surface area contributed by atoms with Crippen molar-refractivity contribution in [3.8, 4) is 11.1 Å². The molecule has 34 heavy (non-hydrogen) atoms. The fraction of sp³-hybridized carbons (Fsp3) is 0.444. The molecule has 2 aliphatic rings. The van der Waals surface area contributed by atoms with Gasteiger partial charge in [-0.15, -0.1) is 0 Å². The van der Waals surface area contributed by atoms with Gasteiger partial charge in [0.05, 0.1) is 0 Å². The molecule has 2 atom stereocenters. The number of aliphatic carboxylic acids is 1. The third-order valence-corrected chi connectivity index (χ3v) is 6.63. The normalized spacial score (nSPS) is 16.1. The number of rotatable bonds is 11. The summed E-state index contributed by atoms with van der Waals surface area (Å²) in [6.45, 7) is 2.17. The highest BCUT2D eigenvalue weighted by atomic mass is 16.5. The minimum absolute atomic E-state index is 0.0203. The summed E-state index contributed by atoms with van der Waals surface area (Å²) in [6, 6.07) is 15.0. The Kier molecular flexibility index (Phi) is 7.50. The van der Waals surface area contributed by atoms with Crippen molar-refractivity contribution >= 4 is 18.0 Å². The van der Waals surface area contributed by atoms with Crippen molar-refractivity contribution in [3.63, 3.8) is 0 Å². The molecule has 3 N–H and O–H groups in total. The molecule has 2 aromatic rings. The topological polar surface area (TPSA) is 105 Å². The molecule has 0 spiro atoms. The van der Waals surface area contributed by atoms with E-state index in [1.54, 1.807) is 0 Å². The Bertz CT molecular complexity index is 1000. The maximum absolute atomic E-state index is 12.6. The van der Waals surface area contributed by atoms with E-state index in [-0.39, 0.29) is 24.9 Å². The lowest BCUT2D eigenvalue weighted by Gasteiger charge is -2.21. The van der Waals surface area contributed by atoms with Gasteiger partial charge in [0.15, 0.2) is 0 Å². The first-order valence-corrected chi connectivity index (χ1v) is 12.1. The number of fused-ring (bicyclic) bond motifs is 3. The fourth-order valence-electron chi connectivity index (χ4n) is 4.77. The van der Waals surface area contributed by atoms with Crippen LogP contribution in [0, 0.1) is 5.92 Å². The molecule has 1 saturated carbocycles. The molecular formula is C27H32N2O5. The molecule has 0 bridgehead atoms. The van der Waals surface area contributed by atoms with Gasteiger partial charge >= 0.3 is 12.1 Å². The average Bonchev–Trinajstić information content (AvgIpc) is 3.58. The molecule has 7 heteroatoms. The second-order valence-electron chi connectivity index (χ2n) is 9.30. The standard InChI is InChI=1S/C27H32N2O5/c1-2-7-18(15-25(30)29-24(26(31)32)14-17-12-13-17)28-27(33)34-16-23-21-10-5-3-8-19(21)20-9-4-6-11-22(20)23/h3-6,8-11,17-18,23-24H,2,7,12-16H2,1H3,(H,28,33)(H,29,30)(H,31,32)/t18?,24-/m0/s1. The minimum Gasteiger partial charge on any atom is -0.480 e. The van der Waals surface area contributed by atoms with Crippen LogP contribution >= 0.6 is 0 Å². The highest BCUT2D eigenvalue weighted by molar-refractivity contribution is 5.84. The molecule has 0 saturated heterocycles. The van der Waals surface area contributed by atoms with Crippen LogP contribution in [-0.4, -0.2) is 41.8 Å². The lowest BCUT2D eigenvalue weighted by molar-refractivity contribution is -0.142. The summed E-state index contributed by atoms with van der Waals surface area (Å²) in [4.78, 5) is 36.6.